The predicted molar refractivity (Wildman–Crippen MR) is 110 cm³/mol. The molecule has 1 rings (SSSR count). The van der Waals surface area contributed by atoms with Gasteiger partial charge in [0.15, 0.2) is 0 Å². The Morgan fingerprint density at radius 2 is 1.29 bits per heavy atom. The molecule has 0 bridgehead atoms. The van der Waals surface area contributed by atoms with E-state index in [9.17, 15) is 31.1 Å². The minimum atomic E-state index is -5.67. The minimum absolute atomic E-state index is 0.0638. The Labute approximate surface area is 181 Å². The molecule has 0 aliphatic carbocycles. The lowest BCUT2D eigenvalue weighted by Gasteiger charge is -2.27. The second kappa shape index (κ2) is 10.7. The summed E-state index contributed by atoms with van der Waals surface area (Å²) in [7, 11) is 0. The number of ether oxygens (including phenoxy) is 1. The first-order chi connectivity index (χ1) is 13.8. The van der Waals surface area contributed by atoms with Crippen LogP contribution in [0.1, 0.15) is 85.3 Å². The molecule has 0 aliphatic rings. The Balaban J connectivity index is 0.000000590. The monoisotopic (exact) mass is 456 g/mol. The van der Waals surface area contributed by atoms with Crippen LogP contribution in [0, 0.1) is 5.41 Å². The second-order valence-corrected chi connectivity index (χ2v) is 9.29. The van der Waals surface area contributed by atoms with Crippen LogP contribution in [0.3, 0.4) is 0 Å². The summed E-state index contributed by atoms with van der Waals surface area (Å²) in [4.78, 5) is 11.2. The number of hydrogen-bond acceptors (Lipinski definition) is 2. The number of halogens is 6. The van der Waals surface area contributed by atoms with E-state index in [-0.39, 0.29) is 11.8 Å². The molecule has 0 aliphatic heterocycles. The van der Waals surface area contributed by atoms with Crippen LogP contribution in [0.4, 0.5) is 26.3 Å². The third-order valence-electron chi connectivity index (χ3n) is 5.21. The highest BCUT2D eigenvalue weighted by Gasteiger charge is 2.60. The fraction of sp³-hybridized carbons (Fsp3) is 0.696. The average Bonchev–Trinajstić information content (AvgIpc) is 2.63. The van der Waals surface area contributed by atoms with Gasteiger partial charge in [-0.25, -0.2) is 0 Å². The van der Waals surface area contributed by atoms with E-state index in [2.05, 4.69) is 63.6 Å². The molecule has 0 heterocycles. The SMILES string of the molecule is CCC(C)(C)C(=O)OC(C(F)(F)F)C(F)(F)F.CCC(C)c1ccc(C(C)(C)C)cc1. The molecule has 0 saturated carbocycles. The molecule has 0 aromatic heterocycles. The largest absolute Gasteiger partial charge is 0.442 e. The van der Waals surface area contributed by atoms with E-state index in [1.54, 1.807) is 0 Å². The number of alkyl halides is 6. The van der Waals surface area contributed by atoms with Crippen molar-refractivity contribution in [3.63, 3.8) is 0 Å². The number of carbonyl (C=O) groups excluding carboxylic acids is 1. The van der Waals surface area contributed by atoms with Gasteiger partial charge in [-0.1, -0.05) is 65.8 Å². The summed E-state index contributed by atoms with van der Waals surface area (Å²) < 4.78 is 76.0. The van der Waals surface area contributed by atoms with Gasteiger partial charge in [0.25, 0.3) is 6.10 Å². The smallest absolute Gasteiger partial charge is 0.434 e. The van der Waals surface area contributed by atoms with Crippen molar-refractivity contribution in [3.05, 3.63) is 35.4 Å². The van der Waals surface area contributed by atoms with Crippen molar-refractivity contribution in [2.75, 3.05) is 0 Å². The van der Waals surface area contributed by atoms with Crippen molar-refractivity contribution in [3.8, 4) is 0 Å². The summed E-state index contributed by atoms with van der Waals surface area (Å²) in [6, 6.07) is 9.08. The first-order valence-electron chi connectivity index (χ1n) is 10.2. The summed E-state index contributed by atoms with van der Waals surface area (Å²) in [5, 5.41) is 0. The first-order valence-corrected chi connectivity index (χ1v) is 10.2. The lowest BCUT2D eigenvalue weighted by molar-refractivity contribution is -0.315. The van der Waals surface area contributed by atoms with Crippen LogP contribution in [-0.2, 0) is 14.9 Å². The van der Waals surface area contributed by atoms with Crippen molar-refractivity contribution < 1.29 is 35.9 Å². The first kappa shape index (κ1) is 29.3. The molecule has 1 atom stereocenters. The summed E-state index contributed by atoms with van der Waals surface area (Å²) >= 11 is 0. The van der Waals surface area contributed by atoms with Gasteiger partial charge < -0.3 is 4.74 Å². The molecule has 0 spiro atoms. The number of hydrogen-bond donors (Lipinski definition) is 0. The van der Waals surface area contributed by atoms with Crippen LogP contribution in [-0.4, -0.2) is 24.4 Å². The van der Waals surface area contributed by atoms with E-state index in [0.29, 0.717) is 5.92 Å². The summed E-state index contributed by atoms with van der Waals surface area (Å²) in [5.74, 6) is -0.844. The maximum Gasteiger partial charge on any atom is 0.434 e. The van der Waals surface area contributed by atoms with Gasteiger partial charge in [0.2, 0.25) is 0 Å². The van der Waals surface area contributed by atoms with Gasteiger partial charge in [0.1, 0.15) is 0 Å². The van der Waals surface area contributed by atoms with E-state index in [1.807, 2.05) is 0 Å². The summed E-state index contributed by atoms with van der Waals surface area (Å²) in [6.07, 6.45) is -14.1. The standard InChI is InChI=1S/C14H22.C9H12F6O2/c1-6-11(2)12-7-9-13(10-8-12)14(3,4)5;1-4-7(2,3)6(16)17-5(8(10,11)12)9(13,14)15/h7-11H,6H2,1-5H3;5H,4H2,1-3H3. The highest BCUT2D eigenvalue weighted by atomic mass is 19.4. The molecule has 0 N–H and O–H groups in total. The summed E-state index contributed by atoms with van der Waals surface area (Å²) in [5.41, 5.74) is 1.76. The van der Waals surface area contributed by atoms with Crippen LogP contribution < -0.4 is 0 Å². The van der Waals surface area contributed by atoms with Crippen LogP contribution in [0.2, 0.25) is 0 Å². The molecule has 0 amide bonds. The second-order valence-electron chi connectivity index (χ2n) is 9.29. The zero-order valence-electron chi connectivity index (χ0n) is 19.5. The van der Waals surface area contributed by atoms with Crippen molar-refractivity contribution in [1.29, 1.82) is 0 Å². The summed E-state index contributed by atoms with van der Waals surface area (Å²) in [6.45, 7) is 15.2. The highest BCUT2D eigenvalue weighted by Crippen LogP contribution is 2.37. The Morgan fingerprint density at radius 3 is 1.58 bits per heavy atom. The fourth-order valence-electron chi connectivity index (χ4n) is 2.28. The zero-order valence-corrected chi connectivity index (χ0v) is 19.5. The molecular formula is C23H34F6O2. The third-order valence-corrected chi connectivity index (χ3v) is 5.21. The van der Waals surface area contributed by atoms with Gasteiger partial charge in [0, 0.05) is 0 Å². The van der Waals surface area contributed by atoms with E-state index in [1.165, 1.54) is 38.3 Å². The quantitative estimate of drug-likeness (QED) is 0.332. The highest BCUT2D eigenvalue weighted by molar-refractivity contribution is 5.76. The lowest BCUT2D eigenvalue weighted by Crippen LogP contribution is -2.47. The van der Waals surface area contributed by atoms with Gasteiger partial charge >= 0.3 is 18.3 Å². The molecule has 8 heteroatoms. The third kappa shape index (κ3) is 9.52. The molecule has 31 heavy (non-hydrogen) atoms. The van der Waals surface area contributed by atoms with Crippen LogP contribution in [0.5, 0.6) is 0 Å². The van der Waals surface area contributed by atoms with Gasteiger partial charge in [-0.2, -0.15) is 26.3 Å². The van der Waals surface area contributed by atoms with Crippen molar-refractivity contribution >= 4 is 5.97 Å². The molecule has 0 radical (unpaired) electrons. The average molecular weight is 457 g/mol. The Bertz CT molecular complexity index is 668. The predicted octanol–water partition coefficient (Wildman–Crippen LogP) is 7.96. The van der Waals surface area contributed by atoms with Gasteiger partial charge in [-0.05, 0) is 49.1 Å². The molecule has 180 valence electrons. The van der Waals surface area contributed by atoms with Gasteiger partial charge in [-0.3, -0.25) is 4.79 Å². The van der Waals surface area contributed by atoms with Crippen molar-refractivity contribution in [2.45, 2.75) is 98.0 Å². The van der Waals surface area contributed by atoms with Crippen molar-refractivity contribution in [1.82, 2.24) is 0 Å². The Kier molecular flexibility index (Phi) is 10.1. The fourth-order valence-corrected chi connectivity index (χ4v) is 2.28. The lowest BCUT2D eigenvalue weighted by atomic mass is 9.85. The zero-order chi connectivity index (χ0) is 24.8. The van der Waals surface area contributed by atoms with Gasteiger partial charge in [-0.15, -0.1) is 0 Å². The molecule has 1 aromatic carbocycles. The van der Waals surface area contributed by atoms with E-state index in [0.717, 1.165) is 0 Å². The Morgan fingerprint density at radius 1 is 0.871 bits per heavy atom. The Hall–Kier alpha value is -1.73. The van der Waals surface area contributed by atoms with E-state index in [4.69, 9.17) is 0 Å². The number of carbonyl (C=O) groups is 1. The maximum atomic E-state index is 12.1. The maximum absolute atomic E-state index is 12.1. The van der Waals surface area contributed by atoms with Gasteiger partial charge in [0.05, 0.1) is 5.41 Å². The molecule has 1 unspecified atom stereocenters. The molecule has 1 aromatic rings. The molecular weight excluding hydrogens is 422 g/mol. The normalized spacial score (nSPS) is 14.0. The minimum Gasteiger partial charge on any atom is -0.442 e. The molecule has 2 nitrogen and oxygen atoms in total. The van der Waals surface area contributed by atoms with E-state index < -0.39 is 29.8 Å². The van der Waals surface area contributed by atoms with Crippen molar-refractivity contribution in [2.24, 2.45) is 5.41 Å². The number of rotatable bonds is 5. The molecule has 0 saturated heterocycles. The van der Waals surface area contributed by atoms with Crippen LogP contribution >= 0.6 is 0 Å². The van der Waals surface area contributed by atoms with E-state index >= 15 is 0 Å². The molecule has 0 fully saturated rings. The number of esters is 1. The number of benzene rings is 1. The topological polar surface area (TPSA) is 26.3 Å². The van der Waals surface area contributed by atoms with Crippen LogP contribution in [0.15, 0.2) is 24.3 Å². The van der Waals surface area contributed by atoms with Crippen LogP contribution in [0.25, 0.3) is 0 Å².